The van der Waals surface area contributed by atoms with Gasteiger partial charge in [-0.2, -0.15) is 0 Å². The Bertz CT molecular complexity index is 279. The van der Waals surface area contributed by atoms with Crippen molar-refractivity contribution in [1.82, 2.24) is 5.32 Å². The molecule has 0 bridgehead atoms. The number of terminal acetylenes is 1. The van der Waals surface area contributed by atoms with E-state index in [1.54, 1.807) is 0 Å². The first-order valence-corrected chi connectivity index (χ1v) is 4.59. The number of ether oxygens (including phenoxy) is 1. The molecule has 5 heteroatoms. The molecule has 0 atom stereocenters. The first-order valence-electron chi connectivity index (χ1n) is 4.59. The van der Waals surface area contributed by atoms with Crippen LogP contribution in [0.4, 0.5) is 0 Å². The molecule has 0 unspecified atom stereocenters. The fourth-order valence-electron chi connectivity index (χ4n) is 0.864. The van der Waals surface area contributed by atoms with E-state index in [1.807, 2.05) is 0 Å². The SMILES string of the molecule is C#CCCCCN/C=C(\N=N)C(=O)OC. The van der Waals surface area contributed by atoms with Gasteiger partial charge in [0.2, 0.25) is 0 Å². The maximum absolute atomic E-state index is 10.9. The van der Waals surface area contributed by atoms with Crippen LogP contribution in [0.3, 0.4) is 0 Å². The number of hydrogen-bond donors (Lipinski definition) is 2. The van der Waals surface area contributed by atoms with Crippen molar-refractivity contribution in [3.8, 4) is 12.3 Å². The topological polar surface area (TPSA) is 74.5 Å². The van der Waals surface area contributed by atoms with Gasteiger partial charge in [0.25, 0.3) is 0 Å². The summed E-state index contributed by atoms with van der Waals surface area (Å²) in [4.78, 5) is 10.9. The van der Waals surface area contributed by atoms with Crippen LogP contribution >= 0.6 is 0 Å². The number of carbonyl (C=O) groups is 1. The quantitative estimate of drug-likeness (QED) is 0.219. The smallest absolute Gasteiger partial charge is 0.360 e. The summed E-state index contributed by atoms with van der Waals surface area (Å²) in [6, 6.07) is 0. The zero-order valence-corrected chi connectivity index (χ0v) is 8.75. The van der Waals surface area contributed by atoms with E-state index in [4.69, 9.17) is 12.0 Å². The summed E-state index contributed by atoms with van der Waals surface area (Å²) < 4.78 is 4.41. The second-order valence-electron chi connectivity index (χ2n) is 2.75. The van der Waals surface area contributed by atoms with Crippen LogP contribution in [0.25, 0.3) is 0 Å². The van der Waals surface area contributed by atoms with E-state index in [0.29, 0.717) is 6.54 Å². The van der Waals surface area contributed by atoms with Gasteiger partial charge in [-0.15, -0.1) is 17.5 Å². The predicted molar refractivity (Wildman–Crippen MR) is 55.9 cm³/mol. The van der Waals surface area contributed by atoms with E-state index in [9.17, 15) is 4.79 Å². The van der Waals surface area contributed by atoms with Gasteiger partial charge in [0.05, 0.1) is 7.11 Å². The molecule has 0 aromatic heterocycles. The monoisotopic (exact) mass is 209 g/mol. The Kier molecular flexibility index (Phi) is 7.69. The largest absolute Gasteiger partial charge is 0.464 e. The summed E-state index contributed by atoms with van der Waals surface area (Å²) in [5.74, 6) is 1.92. The second kappa shape index (κ2) is 8.75. The number of nitrogens with zero attached hydrogens (tertiary/aromatic N) is 1. The lowest BCUT2D eigenvalue weighted by Crippen LogP contribution is -2.11. The van der Waals surface area contributed by atoms with Gasteiger partial charge >= 0.3 is 5.97 Å². The highest BCUT2D eigenvalue weighted by molar-refractivity contribution is 5.87. The maximum atomic E-state index is 10.9. The van der Waals surface area contributed by atoms with Gasteiger partial charge in [0.1, 0.15) is 0 Å². The van der Waals surface area contributed by atoms with Gasteiger partial charge < -0.3 is 10.1 Å². The van der Waals surface area contributed by atoms with E-state index in [1.165, 1.54) is 13.3 Å². The van der Waals surface area contributed by atoms with Crippen molar-refractivity contribution in [1.29, 1.82) is 5.53 Å². The summed E-state index contributed by atoms with van der Waals surface area (Å²) in [6.07, 6.45) is 9.05. The number of methoxy groups -OCH3 is 1. The van der Waals surface area contributed by atoms with Gasteiger partial charge in [-0.3, -0.25) is 0 Å². The van der Waals surface area contributed by atoms with Gasteiger partial charge in [-0.1, -0.05) is 0 Å². The molecule has 0 heterocycles. The van der Waals surface area contributed by atoms with Crippen LogP contribution in [0.5, 0.6) is 0 Å². The first kappa shape index (κ1) is 13.2. The lowest BCUT2D eigenvalue weighted by atomic mass is 10.2. The maximum Gasteiger partial charge on any atom is 0.360 e. The van der Waals surface area contributed by atoms with Gasteiger partial charge in [-0.25, -0.2) is 10.3 Å². The predicted octanol–water partition coefficient (Wildman–Crippen LogP) is 1.42. The Labute approximate surface area is 89.4 Å². The highest BCUT2D eigenvalue weighted by atomic mass is 16.5. The molecule has 0 saturated heterocycles. The number of carbonyl (C=O) groups excluding carboxylic acids is 1. The minimum absolute atomic E-state index is 0.0468. The second-order valence-corrected chi connectivity index (χ2v) is 2.75. The third kappa shape index (κ3) is 6.27. The molecule has 0 rings (SSSR count). The molecule has 0 aliphatic carbocycles. The summed E-state index contributed by atoms with van der Waals surface area (Å²) in [5, 5.41) is 5.90. The molecule has 0 radical (unpaired) electrons. The van der Waals surface area contributed by atoms with Crippen LogP contribution < -0.4 is 5.32 Å². The Hall–Kier alpha value is -1.83. The molecule has 0 spiro atoms. The molecule has 5 nitrogen and oxygen atoms in total. The minimum atomic E-state index is -0.624. The molecular weight excluding hydrogens is 194 g/mol. The number of unbranched alkanes of at least 4 members (excludes halogenated alkanes) is 2. The molecule has 0 aliphatic heterocycles. The zero-order chi connectivity index (χ0) is 11.5. The fourth-order valence-corrected chi connectivity index (χ4v) is 0.864. The number of hydrogen-bond acceptors (Lipinski definition) is 5. The van der Waals surface area contributed by atoms with Crippen LogP contribution in [0.15, 0.2) is 17.0 Å². The average molecular weight is 209 g/mol. The standard InChI is InChI=1S/C10H15N3O2/c1-3-4-5-6-7-12-8-9(13-11)10(14)15-2/h1,8,11-12H,4-7H2,2H3/b9-8-,13-11?. The first-order chi connectivity index (χ1) is 7.26. The van der Waals surface area contributed by atoms with Crippen molar-refractivity contribution in [2.75, 3.05) is 13.7 Å². The van der Waals surface area contributed by atoms with E-state index in [2.05, 4.69) is 21.1 Å². The third-order valence-electron chi connectivity index (χ3n) is 1.65. The van der Waals surface area contributed by atoms with Crippen molar-refractivity contribution in [2.45, 2.75) is 19.3 Å². The molecule has 0 fully saturated rings. The Balaban J connectivity index is 3.78. The number of rotatable bonds is 7. The van der Waals surface area contributed by atoms with Crippen molar-refractivity contribution in [3.05, 3.63) is 11.9 Å². The van der Waals surface area contributed by atoms with Crippen molar-refractivity contribution >= 4 is 5.97 Å². The van der Waals surface area contributed by atoms with Crippen LogP contribution in [0.1, 0.15) is 19.3 Å². The summed E-state index contributed by atoms with van der Waals surface area (Å²) in [7, 11) is 1.24. The van der Waals surface area contributed by atoms with Crippen LogP contribution in [0.2, 0.25) is 0 Å². The van der Waals surface area contributed by atoms with Gasteiger partial charge in [-0.05, 0) is 12.8 Å². The Morgan fingerprint density at radius 1 is 1.67 bits per heavy atom. The zero-order valence-electron chi connectivity index (χ0n) is 8.75. The van der Waals surface area contributed by atoms with Crippen molar-refractivity contribution < 1.29 is 9.53 Å². The Morgan fingerprint density at radius 2 is 2.40 bits per heavy atom. The van der Waals surface area contributed by atoms with Crippen molar-refractivity contribution in [3.63, 3.8) is 0 Å². The van der Waals surface area contributed by atoms with Gasteiger partial charge in [0.15, 0.2) is 5.70 Å². The van der Waals surface area contributed by atoms with E-state index in [0.717, 1.165) is 19.3 Å². The highest BCUT2D eigenvalue weighted by Gasteiger charge is 2.06. The highest BCUT2D eigenvalue weighted by Crippen LogP contribution is 1.97. The fraction of sp³-hybridized carbons (Fsp3) is 0.500. The molecule has 0 amide bonds. The normalized spacial score (nSPS) is 10.3. The van der Waals surface area contributed by atoms with Crippen LogP contribution in [-0.2, 0) is 9.53 Å². The molecule has 82 valence electrons. The van der Waals surface area contributed by atoms with Crippen LogP contribution in [0, 0.1) is 17.9 Å². The molecule has 2 N–H and O–H groups in total. The summed E-state index contributed by atoms with van der Waals surface area (Å²) in [6.45, 7) is 0.692. The van der Waals surface area contributed by atoms with E-state index < -0.39 is 5.97 Å². The number of nitrogens with one attached hydrogen (secondary N) is 2. The molecule has 0 aromatic rings. The molecule has 15 heavy (non-hydrogen) atoms. The average Bonchev–Trinajstić information content (AvgIpc) is 2.27. The van der Waals surface area contributed by atoms with E-state index >= 15 is 0 Å². The molecule has 0 saturated carbocycles. The summed E-state index contributed by atoms with van der Waals surface area (Å²) in [5.41, 5.74) is 6.68. The molecule has 0 aromatic carbocycles. The molecular formula is C10H15N3O2. The van der Waals surface area contributed by atoms with E-state index in [-0.39, 0.29) is 5.70 Å². The van der Waals surface area contributed by atoms with Crippen molar-refractivity contribution in [2.24, 2.45) is 5.11 Å². The molecule has 0 aliphatic rings. The Morgan fingerprint density at radius 3 is 2.93 bits per heavy atom. The van der Waals surface area contributed by atoms with Gasteiger partial charge in [0, 0.05) is 19.2 Å². The third-order valence-corrected chi connectivity index (χ3v) is 1.65. The summed E-state index contributed by atoms with van der Waals surface area (Å²) >= 11 is 0. The number of esters is 1. The minimum Gasteiger partial charge on any atom is -0.464 e. The lowest BCUT2D eigenvalue weighted by Gasteiger charge is -2.01. The lowest BCUT2D eigenvalue weighted by molar-refractivity contribution is -0.136. The van der Waals surface area contributed by atoms with Crippen LogP contribution in [-0.4, -0.2) is 19.6 Å².